The number of nitrogens with zero attached hydrogens (tertiary/aromatic N) is 1. The van der Waals surface area contributed by atoms with Crippen LogP contribution in [0.4, 0.5) is 5.69 Å². The third kappa shape index (κ3) is 5.41. The van der Waals surface area contributed by atoms with Gasteiger partial charge in [-0.15, -0.1) is 11.3 Å². The lowest BCUT2D eigenvalue weighted by molar-refractivity contribution is -0.116. The number of carbonyl (C=O) groups excluding carboxylic acids is 2. The Hall–Kier alpha value is -3.57. The first-order valence-corrected chi connectivity index (χ1v) is 13.0. The van der Waals surface area contributed by atoms with E-state index in [0.717, 1.165) is 50.8 Å². The van der Waals surface area contributed by atoms with Crippen molar-refractivity contribution < 1.29 is 9.59 Å². The third-order valence-electron chi connectivity index (χ3n) is 6.51. The second-order valence-electron chi connectivity index (χ2n) is 9.03. The highest BCUT2D eigenvalue weighted by atomic mass is 32.1. The van der Waals surface area contributed by atoms with Crippen molar-refractivity contribution in [1.82, 2.24) is 4.98 Å². The standard InChI is InChI=1S/C30H28N2O2S/c1-20-29(32-30(35-20)23-8-3-2-4-9-23)22-13-15-26(16-14-22)31-28(34)18-17-27(33)25-12-11-21-7-5-6-10-24(21)19-25/h2-4,8-9,11-16,19H,5-7,10,17-18H2,1H3,(H,31,34). The van der Waals surface area contributed by atoms with Gasteiger partial charge >= 0.3 is 0 Å². The van der Waals surface area contributed by atoms with Crippen LogP contribution in [0.15, 0.2) is 72.8 Å². The summed E-state index contributed by atoms with van der Waals surface area (Å²) in [5, 5.41) is 3.91. The Kier molecular flexibility index (Phi) is 6.87. The molecule has 1 aromatic heterocycles. The first-order valence-electron chi connectivity index (χ1n) is 12.1. The minimum atomic E-state index is -0.153. The summed E-state index contributed by atoms with van der Waals surface area (Å²) in [6.07, 6.45) is 4.93. The molecule has 1 aliphatic carbocycles. The smallest absolute Gasteiger partial charge is 0.224 e. The SMILES string of the molecule is Cc1sc(-c2ccccc2)nc1-c1ccc(NC(=O)CCC(=O)c2ccc3c(c2)CCCC3)cc1. The number of carbonyl (C=O) groups is 2. The lowest BCUT2D eigenvalue weighted by Crippen LogP contribution is -2.14. The third-order valence-corrected chi connectivity index (χ3v) is 7.53. The Bertz CT molecular complexity index is 1360. The molecule has 35 heavy (non-hydrogen) atoms. The van der Waals surface area contributed by atoms with E-state index in [1.165, 1.54) is 24.0 Å². The van der Waals surface area contributed by atoms with Crippen LogP contribution in [0.5, 0.6) is 0 Å². The second-order valence-corrected chi connectivity index (χ2v) is 10.2. The molecule has 1 heterocycles. The van der Waals surface area contributed by atoms with E-state index < -0.39 is 0 Å². The molecule has 0 unspecified atom stereocenters. The van der Waals surface area contributed by atoms with E-state index in [0.29, 0.717) is 0 Å². The van der Waals surface area contributed by atoms with Crippen molar-refractivity contribution in [3.63, 3.8) is 0 Å². The number of aryl methyl sites for hydroxylation is 3. The van der Waals surface area contributed by atoms with Gasteiger partial charge in [0.25, 0.3) is 0 Å². The molecule has 0 aliphatic heterocycles. The zero-order chi connectivity index (χ0) is 24.2. The van der Waals surface area contributed by atoms with Gasteiger partial charge in [-0.25, -0.2) is 4.98 Å². The van der Waals surface area contributed by atoms with Gasteiger partial charge in [-0.2, -0.15) is 0 Å². The predicted molar refractivity (Wildman–Crippen MR) is 143 cm³/mol. The number of thiazole rings is 1. The van der Waals surface area contributed by atoms with Gasteiger partial charge in [0, 0.05) is 40.1 Å². The fourth-order valence-electron chi connectivity index (χ4n) is 4.58. The lowest BCUT2D eigenvalue weighted by Gasteiger charge is -2.16. The van der Waals surface area contributed by atoms with Crippen molar-refractivity contribution in [2.24, 2.45) is 0 Å². The molecule has 5 rings (SSSR count). The number of ketones is 1. The van der Waals surface area contributed by atoms with Crippen molar-refractivity contribution in [1.29, 1.82) is 0 Å². The van der Waals surface area contributed by atoms with E-state index in [4.69, 9.17) is 4.98 Å². The monoisotopic (exact) mass is 480 g/mol. The highest BCUT2D eigenvalue weighted by molar-refractivity contribution is 7.15. The maximum absolute atomic E-state index is 12.6. The van der Waals surface area contributed by atoms with Crippen molar-refractivity contribution in [3.8, 4) is 21.8 Å². The van der Waals surface area contributed by atoms with Crippen LogP contribution in [0.3, 0.4) is 0 Å². The number of aromatic nitrogens is 1. The Balaban J connectivity index is 1.18. The van der Waals surface area contributed by atoms with E-state index in [-0.39, 0.29) is 24.5 Å². The van der Waals surface area contributed by atoms with Crippen molar-refractivity contribution in [2.45, 2.75) is 45.4 Å². The summed E-state index contributed by atoms with van der Waals surface area (Å²) in [7, 11) is 0. The predicted octanol–water partition coefficient (Wildman–Crippen LogP) is 7.27. The number of rotatable bonds is 7. The van der Waals surface area contributed by atoms with Gasteiger partial charge in [0.05, 0.1) is 5.69 Å². The average molecular weight is 481 g/mol. The van der Waals surface area contributed by atoms with Crippen LogP contribution < -0.4 is 5.32 Å². The molecule has 0 fully saturated rings. The molecule has 0 atom stereocenters. The van der Waals surface area contributed by atoms with Crippen LogP contribution in [-0.4, -0.2) is 16.7 Å². The highest BCUT2D eigenvalue weighted by Gasteiger charge is 2.15. The number of nitrogens with one attached hydrogen (secondary N) is 1. The molecule has 0 radical (unpaired) electrons. The second kappa shape index (κ2) is 10.4. The molecule has 4 nitrogen and oxygen atoms in total. The van der Waals surface area contributed by atoms with Crippen LogP contribution in [0.2, 0.25) is 0 Å². The summed E-state index contributed by atoms with van der Waals surface area (Å²) in [5.74, 6) is -0.127. The summed E-state index contributed by atoms with van der Waals surface area (Å²) >= 11 is 1.68. The number of benzene rings is 3. The summed E-state index contributed by atoms with van der Waals surface area (Å²) in [6, 6.07) is 23.9. The van der Waals surface area contributed by atoms with Crippen LogP contribution in [-0.2, 0) is 17.6 Å². The van der Waals surface area contributed by atoms with Gasteiger partial charge in [0.2, 0.25) is 5.91 Å². The molecule has 0 saturated heterocycles. The highest BCUT2D eigenvalue weighted by Crippen LogP contribution is 2.33. The molecule has 5 heteroatoms. The fourth-order valence-corrected chi connectivity index (χ4v) is 5.52. The summed E-state index contributed by atoms with van der Waals surface area (Å²) in [4.78, 5) is 31.1. The molecule has 4 aromatic rings. The molecule has 0 saturated carbocycles. The van der Waals surface area contributed by atoms with Crippen molar-refractivity contribution in [2.75, 3.05) is 5.32 Å². The fraction of sp³-hybridized carbons (Fsp3) is 0.233. The van der Waals surface area contributed by atoms with E-state index >= 15 is 0 Å². The topological polar surface area (TPSA) is 59.1 Å². The van der Waals surface area contributed by atoms with Gasteiger partial charge in [-0.1, -0.05) is 54.6 Å². The van der Waals surface area contributed by atoms with E-state index in [1.54, 1.807) is 11.3 Å². The number of amides is 1. The molecular weight excluding hydrogens is 452 g/mol. The molecule has 1 aliphatic rings. The number of fused-ring (bicyclic) bond motifs is 1. The van der Waals surface area contributed by atoms with Crippen LogP contribution >= 0.6 is 11.3 Å². The van der Waals surface area contributed by atoms with Crippen LogP contribution in [0.1, 0.15) is 52.0 Å². The van der Waals surface area contributed by atoms with Gasteiger partial charge in [0.15, 0.2) is 5.78 Å². The first kappa shape index (κ1) is 23.2. The summed E-state index contributed by atoms with van der Waals surface area (Å²) < 4.78 is 0. The Morgan fingerprint density at radius 1 is 0.857 bits per heavy atom. The number of hydrogen-bond acceptors (Lipinski definition) is 4. The Morgan fingerprint density at radius 2 is 1.60 bits per heavy atom. The first-order chi connectivity index (χ1) is 17.1. The maximum Gasteiger partial charge on any atom is 0.224 e. The number of Topliss-reactive ketones (excluding diaryl/α,β-unsaturated/α-hetero) is 1. The largest absolute Gasteiger partial charge is 0.326 e. The number of hydrogen-bond donors (Lipinski definition) is 1. The van der Waals surface area contributed by atoms with E-state index in [9.17, 15) is 9.59 Å². The van der Waals surface area contributed by atoms with Crippen molar-refractivity contribution >= 4 is 28.7 Å². The molecule has 0 spiro atoms. The summed E-state index contributed by atoms with van der Waals surface area (Å²) in [6.45, 7) is 2.08. The average Bonchev–Trinajstić information content (AvgIpc) is 3.29. The van der Waals surface area contributed by atoms with Gasteiger partial charge in [-0.3, -0.25) is 9.59 Å². The quantitative estimate of drug-likeness (QED) is 0.283. The zero-order valence-corrected chi connectivity index (χ0v) is 20.7. The van der Waals surface area contributed by atoms with Crippen molar-refractivity contribution in [3.05, 3.63) is 94.4 Å². The Morgan fingerprint density at radius 3 is 2.37 bits per heavy atom. The maximum atomic E-state index is 12.6. The summed E-state index contributed by atoms with van der Waals surface area (Å²) in [5.41, 5.74) is 7.17. The molecule has 1 N–H and O–H groups in total. The van der Waals surface area contributed by atoms with Gasteiger partial charge < -0.3 is 5.32 Å². The number of anilines is 1. The van der Waals surface area contributed by atoms with E-state index in [2.05, 4.69) is 30.4 Å². The van der Waals surface area contributed by atoms with Gasteiger partial charge in [0.1, 0.15) is 5.01 Å². The molecule has 0 bridgehead atoms. The molecule has 3 aromatic carbocycles. The lowest BCUT2D eigenvalue weighted by atomic mass is 9.89. The zero-order valence-electron chi connectivity index (χ0n) is 19.8. The molecule has 1 amide bonds. The minimum Gasteiger partial charge on any atom is -0.326 e. The molecular formula is C30H28N2O2S. The normalized spacial score (nSPS) is 12.7. The van der Waals surface area contributed by atoms with E-state index in [1.807, 2.05) is 54.6 Å². The van der Waals surface area contributed by atoms with Crippen LogP contribution in [0, 0.1) is 6.92 Å². The van der Waals surface area contributed by atoms with Gasteiger partial charge in [-0.05, 0) is 61.9 Å². The minimum absolute atomic E-state index is 0.0251. The van der Waals surface area contributed by atoms with Crippen LogP contribution in [0.25, 0.3) is 21.8 Å². The molecule has 176 valence electrons. The Labute approximate surface area is 210 Å².